The molecular weight excluding hydrogens is 214 g/mol. The van der Waals surface area contributed by atoms with Crippen molar-refractivity contribution in [1.29, 1.82) is 0 Å². The van der Waals surface area contributed by atoms with E-state index >= 15 is 0 Å². The molecule has 4 heteroatoms. The molecular formula is C11H14ClNO2. The quantitative estimate of drug-likeness (QED) is 0.807. The van der Waals surface area contributed by atoms with Gasteiger partial charge in [0.1, 0.15) is 12.4 Å². The maximum atomic E-state index is 5.78. The Bertz CT molecular complexity index is 337. The number of hydrogen-bond acceptors (Lipinski definition) is 3. The molecule has 1 aromatic rings. The monoisotopic (exact) mass is 227 g/mol. The number of anilines is 1. The number of benzene rings is 1. The van der Waals surface area contributed by atoms with E-state index in [0.29, 0.717) is 23.1 Å². The first-order chi connectivity index (χ1) is 7.25. The average Bonchev–Trinajstić information content (AvgIpc) is 2.69. The van der Waals surface area contributed by atoms with Crippen molar-refractivity contribution < 1.29 is 9.47 Å². The average molecular weight is 228 g/mol. The number of ether oxygens (including phenoxy) is 2. The van der Waals surface area contributed by atoms with Gasteiger partial charge in [-0.15, -0.1) is 0 Å². The Morgan fingerprint density at radius 1 is 1.53 bits per heavy atom. The fraction of sp³-hybridized carbons (Fsp3) is 0.455. The van der Waals surface area contributed by atoms with Gasteiger partial charge in [-0.25, -0.2) is 0 Å². The van der Waals surface area contributed by atoms with Gasteiger partial charge < -0.3 is 15.2 Å². The van der Waals surface area contributed by atoms with E-state index in [2.05, 4.69) is 0 Å². The Morgan fingerprint density at radius 3 is 3.07 bits per heavy atom. The van der Waals surface area contributed by atoms with Crippen molar-refractivity contribution in [2.45, 2.75) is 18.9 Å². The van der Waals surface area contributed by atoms with E-state index < -0.39 is 0 Å². The zero-order valence-corrected chi connectivity index (χ0v) is 9.17. The van der Waals surface area contributed by atoms with Crippen molar-refractivity contribution in [3.05, 3.63) is 23.2 Å². The molecule has 15 heavy (non-hydrogen) atoms. The lowest BCUT2D eigenvalue weighted by Gasteiger charge is -2.12. The Hall–Kier alpha value is -0.930. The third-order valence-corrected chi connectivity index (χ3v) is 2.66. The lowest BCUT2D eigenvalue weighted by molar-refractivity contribution is 0.0682. The minimum absolute atomic E-state index is 0.208. The van der Waals surface area contributed by atoms with Gasteiger partial charge in [0.2, 0.25) is 0 Å². The molecule has 2 rings (SSSR count). The van der Waals surface area contributed by atoms with E-state index in [-0.39, 0.29) is 6.10 Å². The molecule has 82 valence electrons. The van der Waals surface area contributed by atoms with Crippen LogP contribution in [0.2, 0.25) is 5.02 Å². The van der Waals surface area contributed by atoms with Crippen molar-refractivity contribution in [3.8, 4) is 5.75 Å². The lowest BCUT2D eigenvalue weighted by atomic mass is 10.2. The van der Waals surface area contributed by atoms with Crippen LogP contribution in [0.3, 0.4) is 0 Å². The highest BCUT2D eigenvalue weighted by Crippen LogP contribution is 2.25. The third-order valence-electron chi connectivity index (χ3n) is 2.42. The van der Waals surface area contributed by atoms with Crippen LogP contribution in [0.25, 0.3) is 0 Å². The molecule has 2 N–H and O–H groups in total. The van der Waals surface area contributed by atoms with E-state index in [1.807, 2.05) is 0 Å². The molecule has 0 radical (unpaired) electrons. The largest absolute Gasteiger partial charge is 0.489 e. The van der Waals surface area contributed by atoms with E-state index in [1.54, 1.807) is 18.2 Å². The standard InChI is InChI=1S/C11H14ClNO2/c12-8-3-4-11(10(13)6-8)15-7-9-2-1-5-14-9/h3-4,6,9H,1-2,5,7,13H2/t9-/m0/s1. The van der Waals surface area contributed by atoms with Gasteiger partial charge in [-0.05, 0) is 31.0 Å². The van der Waals surface area contributed by atoms with Crippen LogP contribution in [0.1, 0.15) is 12.8 Å². The molecule has 1 aromatic carbocycles. The van der Waals surface area contributed by atoms with Gasteiger partial charge in [-0.2, -0.15) is 0 Å². The molecule has 1 saturated heterocycles. The molecule has 1 aliphatic rings. The van der Waals surface area contributed by atoms with Crippen LogP contribution >= 0.6 is 11.6 Å². The highest BCUT2D eigenvalue weighted by Gasteiger charge is 2.16. The summed E-state index contributed by atoms with van der Waals surface area (Å²) in [6.07, 6.45) is 2.39. The van der Waals surface area contributed by atoms with Crippen LogP contribution in [-0.4, -0.2) is 19.3 Å². The fourth-order valence-electron chi connectivity index (χ4n) is 1.61. The predicted octanol–water partition coefficient (Wildman–Crippen LogP) is 2.48. The highest BCUT2D eigenvalue weighted by atomic mass is 35.5. The molecule has 1 atom stereocenters. The van der Waals surface area contributed by atoms with Crippen LogP contribution in [-0.2, 0) is 4.74 Å². The topological polar surface area (TPSA) is 44.5 Å². The van der Waals surface area contributed by atoms with Crippen LogP contribution < -0.4 is 10.5 Å². The zero-order valence-electron chi connectivity index (χ0n) is 8.41. The Morgan fingerprint density at radius 2 is 2.40 bits per heavy atom. The molecule has 1 heterocycles. The number of nitrogens with two attached hydrogens (primary N) is 1. The van der Waals surface area contributed by atoms with Crippen LogP contribution in [0.15, 0.2) is 18.2 Å². The first-order valence-electron chi connectivity index (χ1n) is 5.05. The second-order valence-corrected chi connectivity index (χ2v) is 4.06. The van der Waals surface area contributed by atoms with Crippen molar-refractivity contribution in [2.75, 3.05) is 18.9 Å². The first kappa shape index (κ1) is 10.6. The molecule has 0 spiro atoms. The maximum absolute atomic E-state index is 5.78. The molecule has 3 nitrogen and oxygen atoms in total. The van der Waals surface area contributed by atoms with Crippen molar-refractivity contribution in [1.82, 2.24) is 0 Å². The summed E-state index contributed by atoms with van der Waals surface area (Å²) < 4.78 is 11.0. The Labute approximate surface area is 94.1 Å². The van der Waals surface area contributed by atoms with E-state index in [1.165, 1.54) is 0 Å². The number of nitrogen functional groups attached to an aromatic ring is 1. The second-order valence-electron chi connectivity index (χ2n) is 3.63. The van der Waals surface area contributed by atoms with E-state index in [9.17, 15) is 0 Å². The summed E-state index contributed by atoms with van der Waals surface area (Å²) in [4.78, 5) is 0. The summed E-state index contributed by atoms with van der Waals surface area (Å²) in [6.45, 7) is 1.40. The maximum Gasteiger partial charge on any atom is 0.142 e. The Kier molecular flexibility index (Phi) is 3.34. The molecule has 0 bridgehead atoms. The third kappa shape index (κ3) is 2.76. The first-order valence-corrected chi connectivity index (χ1v) is 5.43. The SMILES string of the molecule is Nc1cc(Cl)ccc1OC[C@@H]1CCCO1. The Balaban J connectivity index is 1.92. The molecule has 0 saturated carbocycles. The summed E-state index contributed by atoms with van der Waals surface area (Å²) in [5.74, 6) is 0.676. The summed E-state index contributed by atoms with van der Waals surface area (Å²) in [7, 11) is 0. The normalized spacial score (nSPS) is 20.5. The van der Waals surface area contributed by atoms with Crippen molar-refractivity contribution >= 4 is 17.3 Å². The smallest absolute Gasteiger partial charge is 0.142 e. The summed E-state index contributed by atoms with van der Waals surface area (Å²) >= 11 is 5.78. The number of halogens is 1. The van der Waals surface area contributed by atoms with Gasteiger partial charge in [0.05, 0.1) is 11.8 Å². The van der Waals surface area contributed by atoms with Gasteiger partial charge in [-0.3, -0.25) is 0 Å². The van der Waals surface area contributed by atoms with Crippen LogP contribution in [0, 0.1) is 0 Å². The lowest BCUT2D eigenvalue weighted by Crippen LogP contribution is -2.16. The molecule has 1 aliphatic heterocycles. The summed E-state index contributed by atoms with van der Waals surface area (Å²) in [5, 5.41) is 0.622. The molecule has 0 aliphatic carbocycles. The molecule has 0 amide bonds. The van der Waals surface area contributed by atoms with Gasteiger partial charge in [0, 0.05) is 11.6 Å². The number of rotatable bonds is 3. The van der Waals surface area contributed by atoms with Gasteiger partial charge >= 0.3 is 0 Å². The van der Waals surface area contributed by atoms with Gasteiger partial charge in [-0.1, -0.05) is 11.6 Å². The molecule has 0 unspecified atom stereocenters. The van der Waals surface area contributed by atoms with Gasteiger partial charge in [0.25, 0.3) is 0 Å². The summed E-state index contributed by atoms with van der Waals surface area (Å²) in [6, 6.07) is 5.24. The minimum Gasteiger partial charge on any atom is -0.489 e. The highest BCUT2D eigenvalue weighted by molar-refractivity contribution is 6.30. The molecule has 0 aromatic heterocycles. The number of hydrogen-bond donors (Lipinski definition) is 1. The summed E-state index contributed by atoms with van der Waals surface area (Å²) in [5.41, 5.74) is 6.33. The van der Waals surface area contributed by atoms with Crippen molar-refractivity contribution in [3.63, 3.8) is 0 Å². The van der Waals surface area contributed by atoms with E-state index in [0.717, 1.165) is 19.4 Å². The van der Waals surface area contributed by atoms with Crippen LogP contribution in [0.4, 0.5) is 5.69 Å². The predicted molar refractivity (Wildman–Crippen MR) is 60.3 cm³/mol. The fourth-order valence-corrected chi connectivity index (χ4v) is 1.79. The van der Waals surface area contributed by atoms with Crippen LogP contribution in [0.5, 0.6) is 5.75 Å². The minimum atomic E-state index is 0.208. The molecule has 1 fully saturated rings. The second kappa shape index (κ2) is 4.73. The van der Waals surface area contributed by atoms with Gasteiger partial charge in [0.15, 0.2) is 0 Å². The van der Waals surface area contributed by atoms with Crippen molar-refractivity contribution in [2.24, 2.45) is 0 Å². The zero-order chi connectivity index (χ0) is 10.7. The van der Waals surface area contributed by atoms with E-state index in [4.69, 9.17) is 26.8 Å².